The molecule has 1 atom stereocenters. The van der Waals surface area contributed by atoms with E-state index in [-0.39, 0.29) is 11.5 Å². The summed E-state index contributed by atoms with van der Waals surface area (Å²) in [5, 5.41) is 10.9. The Labute approximate surface area is 153 Å². The number of rotatable bonds is 4. The summed E-state index contributed by atoms with van der Waals surface area (Å²) in [5.41, 5.74) is 2.75. The predicted molar refractivity (Wildman–Crippen MR) is 103 cm³/mol. The number of aromatic nitrogens is 2. The third kappa shape index (κ3) is 3.29. The Morgan fingerprint density at radius 1 is 1.00 bits per heavy atom. The highest BCUT2D eigenvalue weighted by atomic mass is 16.3. The van der Waals surface area contributed by atoms with Crippen LogP contribution < -0.4 is 5.56 Å². The van der Waals surface area contributed by atoms with Crippen LogP contribution in [-0.2, 0) is 6.54 Å². The molecule has 1 N–H and O–H groups in total. The van der Waals surface area contributed by atoms with Crippen molar-refractivity contribution in [3.05, 3.63) is 76.2 Å². The maximum atomic E-state index is 13.2. The smallest absolute Gasteiger partial charge is 0.275 e. The number of nitrogens with zero attached hydrogens (tertiary/aromatic N) is 2. The lowest BCUT2D eigenvalue weighted by Gasteiger charge is -2.26. The molecule has 4 heteroatoms. The first-order chi connectivity index (χ1) is 12.7. The van der Waals surface area contributed by atoms with Crippen molar-refractivity contribution in [1.82, 2.24) is 9.55 Å². The molecule has 1 aliphatic carbocycles. The summed E-state index contributed by atoms with van der Waals surface area (Å²) < 4.78 is 1.75. The van der Waals surface area contributed by atoms with Gasteiger partial charge in [-0.1, -0.05) is 61.7 Å². The van der Waals surface area contributed by atoms with Crippen molar-refractivity contribution in [2.45, 2.75) is 44.8 Å². The van der Waals surface area contributed by atoms with Gasteiger partial charge in [-0.15, -0.1) is 0 Å². The lowest BCUT2D eigenvalue weighted by Crippen LogP contribution is -2.31. The molecule has 1 fully saturated rings. The van der Waals surface area contributed by atoms with Crippen molar-refractivity contribution in [3.8, 4) is 0 Å². The van der Waals surface area contributed by atoms with Gasteiger partial charge in [0.05, 0.1) is 17.6 Å². The Hall–Kier alpha value is -2.46. The second kappa shape index (κ2) is 7.42. The van der Waals surface area contributed by atoms with Crippen LogP contribution in [-0.4, -0.2) is 14.7 Å². The SMILES string of the molecule is O=c1c(C(O)C2CCCCC2)nc2ccccc2n1Cc1ccccc1. The van der Waals surface area contributed by atoms with Crippen LogP contribution in [0.3, 0.4) is 0 Å². The van der Waals surface area contributed by atoms with Crippen molar-refractivity contribution in [1.29, 1.82) is 0 Å². The molecule has 0 saturated heterocycles. The molecule has 3 aromatic rings. The highest BCUT2D eigenvalue weighted by molar-refractivity contribution is 5.74. The maximum Gasteiger partial charge on any atom is 0.275 e. The van der Waals surface area contributed by atoms with Crippen molar-refractivity contribution in [3.63, 3.8) is 0 Å². The minimum Gasteiger partial charge on any atom is -0.386 e. The third-order valence-corrected chi connectivity index (χ3v) is 5.44. The van der Waals surface area contributed by atoms with Crippen LogP contribution in [0, 0.1) is 5.92 Å². The molecule has 1 aromatic heterocycles. The van der Waals surface area contributed by atoms with E-state index in [4.69, 9.17) is 0 Å². The van der Waals surface area contributed by atoms with Crippen LogP contribution in [0.2, 0.25) is 0 Å². The van der Waals surface area contributed by atoms with Gasteiger partial charge in [0.25, 0.3) is 5.56 Å². The van der Waals surface area contributed by atoms with E-state index in [0.29, 0.717) is 12.2 Å². The first-order valence-electron chi connectivity index (χ1n) is 9.45. The maximum absolute atomic E-state index is 13.2. The second-order valence-corrected chi connectivity index (χ2v) is 7.21. The monoisotopic (exact) mass is 348 g/mol. The molecule has 26 heavy (non-hydrogen) atoms. The number of hydrogen-bond donors (Lipinski definition) is 1. The number of fused-ring (bicyclic) bond motifs is 1. The molecule has 0 aliphatic heterocycles. The van der Waals surface area contributed by atoms with Crippen LogP contribution in [0.15, 0.2) is 59.4 Å². The molecule has 134 valence electrons. The van der Waals surface area contributed by atoms with Gasteiger partial charge in [-0.25, -0.2) is 4.98 Å². The molecule has 4 rings (SSSR count). The zero-order chi connectivity index (χ0) is 17.9. The summed E-state index contributed by atoms with van der Waals surface area (Å²) >= 11 is 0. The summed E-state index contributed by atoms with van der Waals surface area (Å²) in [4.78, 5) is 17.8. The Bertz CT molecular complexity index is 943. The average Bonchev–Trinajstić information content (AvgIpc) is 2.71. The molecule has 0 radical (unpaired) electrons. The topological polar surface area (TPSA) is 55.1 Å². The zero-order valence-corrected chi connectivity index (χ0v) is 14.8. The number of aliphatic hydroxyl groups excluding tert-OH is 1. The Morgan fingerprint density at radius 3 is 2.46 bits per heavy atom. The van der Waals surface area contributed by atoms with E-state index in [9.17, 15) is 9.90 Å². The highest BCUT2D eigenvalue weighted by Gasteiger charge is 2.27. The standard InChI is InChI=1S/C22H24N2O2/c25-21(17-11-5-2-6-12-17)20-22(26)24(15-16-9-3-1-4-10-16)19-14-8-7-13-18(19)23-20/h1,3-4,7-10,13-14,17,21,25H,2,5-6,11-12,15H2. The second-order valence-electron chi connectivity index (χ2n) is 7.21. The van der Waals surface area contributed by atoms with Crippen molar-refractivity contribution < 1.29 is 5.11 Å². The quantitative estimate of drug-likeness (QED) is 0.773. The summed E-state index contributed by atoms with van der Waals surface area (Å²) in [5.74, 6) is 0.135. The van der Waals surface area contributed by atoms with Gasteiger partial charge >= 0.3 is 0 Å². The molecule has 2 aromatic carbocycles. The van der Waals surface area contributed by atoms with Crippen molar-refractivity contribution in [2.75, 3.05) is 0 Å². The van der Waals surface area contributed by atoms with Gasteiger partial charge in [0.15, 0.2) is 0 Å². The van der Waals surface area contributed by atoms with E-state index in [1.165, 1.54) is 6.42 Å². The zero-order valence-electron chi connectivity index (χ0n) is 14.8. The molecular formula is C22H24N2O2. The average molecular weight is 348 g/mol. The first-order valence-corrected chi connectivity index (χ1v) is 9.45. The Balaban J connectivity index is 1.81. The predicted octanol–water partition coefficient (Wildman–Crippen LogP) is 4.06. The van der Waals surface area contributed by atoms with Gasteiger partial charge < -0.3 is 9.67 Å². The lowest BCUT2D eigenvalue weighted by molar-refractivity contribution is 0.0797. The normalized spacial score (nSPS) is 16.7. The summed E-state index contributed by atoms with van der Waals surface area (Å²) in [6.45, 7) is 0.479. The largest absolute Gasteiger partial charge is 0.386 e. The lowest BCUT2D eigenvalue weighted by atomic mass is 9.84. The molecule has 4 nitrogen and oxygen atoms in total. The van der Waals surface area contributed by atoms with Gasteiger partial charge in [0.2, 0.25) is 0 Å². The van der Waals surface area contributed by atoms with E-state index < -0.39 is 6.10 Å². The molecule has 1 unspecified atom stereocenters. The van der Waals surface area contributed by atoms with E-state index >= 15 is 0 Å². The van der Waals surface area contributed by atoms with Crippen molar-refractivity contribution >= 4 is 11.0 Å². The summed E-state index contributed by atoms with van der Waals surface area (Å²) in [7, 11) is 0. The van der Waals surface area contributed by atoms with Gasteiger partial charge in [-0.3, -0.25) is 4.79 Å². The van der Waals surface area contributed by atoms with Crippen LogP contribution in [0.25, 0.3) is 11.0 Å². The molecule has 0 spiro atoms. The minimum atomic E-state index is -0.783. The molecular weight excluding hydrogens is 324 g/mol. The molecule has 0 amide bonds. The fourth-order valence-corrected chi connectivity index (χ4v) is 4.00. The van der Waals surface area contributed by atoms with Gasteiger partial charge in [-0.2, -0.15) is 0 Å². The van der Waals surface area contributed by atoms with E-state index in [0.717, 1.165) is 42.3 Å². The summed E-state index contributed by atoms with van der Waals surface area (Å²) in [6, 6.07) is 17.6. The number of aliphatic hydroxyl groups is 1. The van der Waals surface area contributed by atoms with Gasteiger partial charge in [0, 0.05) is 0 Å². The van der Waals surface area contributed by atoms with Crippen LogP contribution in [0.5, 0.6) is 0 Å². The third-order valence-electron chi connectivity index (χ3n) is 5.44. The van der Waals surface area contributed by atoms with E-state index in [1.807, 2.05) is 54.6 Å². The molecule has 0 bridgehead atoms. The summed E-state index contributed by atoms with van der Waals surface area (Å²) in [6.07, 6.45) is 4.60. The van der Waals surface area contributed by atoms with Gasteiger partial charge in [-0.05, 0) is 36.5 Å². The van der Waals surface area contributed by atoms with Crippen LogP contribution >= 0.6 is 0 Å². The molecule has 1 heterocycles. The highest BCUT2D eigenvalue weighted by Crippen LogP contribution is 2.33. The van der Waals surface area contributed by atoms with Crippen LogP contribution in [0.1, 0.15) is 49.5 Å². The van der Waals surface area contributed by atoms with E-state index in [2.05, 4.69) is 4.98 Å². The fraction of sp³-hybridized carbons (Fsp3) is 0.364. The Kier molecular flexibility index (Phi) is 4.85. The van der Waals surface area contributed by atoms with E-state index in [1.54, 1.807) is 4.57 Å². The minimum absolute atomic E-state index is 0.135. The molecule has 1 aliphatic rings. The molecule has 1 saturated carbocycles. The van der Waals surface area contributed by atoms with Crippen LogP contribution in [0.4, 0.5) is 0 Å². The number of para-hydroxylation sites is 2. The van der Waals surface area contributed by atoms with Gasteiger partial charge in [0.1, 0.15) is 11.8 Å². The first kappa shape index (κ1) is 17.0. The number of benzene rings is 2. The van der Waals surface area contributed by atoms with Crippen molar-refractivity contribution in [2.24, 2.45) is 5.92 Å². The number of hydrogen-bond acceptors (Lipinski definition) is 3. The fourth-order valence-electron chi connectivity index (χ4n) is 4.00. The Morgan fingerprint density at radius 2 is 1.69 bits per heavy atom.